The summed E-state index contributed by atoms with van der Waals surface area (Å²) in [7, 11) is 1.73. The Hall–Kier alpha value is -1.48. The lowest BCUT2D eigenvalue weighted by molar-refractivity contribution is 0.402. The third-order valence-electron chi connectivity index (χ3n) is 3.39. The molecule has 1 aromatic carbocycles. The van der Waals surface area contributed by atoms with Gasteiger partial charge in [-0.25, -0.2) is 0 Å². The SMILES string of the molecule is C=C(C)CN(CC)c1cccc(OC)c1C(C)NCC. The Kier molecular flexibility index (Phi) is 6.59. The first-order valence-corrected chi connectivity index (χ1v) is 7.34. The highest BCUT2D eigenvalue weighted by atomic mass is 16.5. The van der Waals surface area contributed by atoms with Gasteiger partial charge in [0, 0.05) is 30.4 Å². The van der Waals surface area contributed by atoms with Crippen LogP contribution in [0.4, 0.5) is 5.69 Å². The van der Waals surface area contributed by atoms with Gasteiger partial charge < -0.3 is 15.0 Å². The Morgan fingerprint density at radius 2 is 2.10 bits per heavy atom. The minimum atomic E-state index is 0.255. The summed E-state index contributed by atoms with van der Waals surface area (Å²) < 4.78 is 5.56. The Bertz CT molecular complexity index is 443. The molecule has 20 heavy (non-hydrogen) atoms. The summed E-state index contributed by atoms with van der Waals surface area (Å²) in [6.45, 7) is 15.3. The first-order valence-electron chi connectivity index (χ1n) is 7.34. The maximum absolute atomic E-state index is 5.56. The van der Waals surface area contributed by atoms with E-state index in [9.17, 15) is 0 Å². The molecule has 0 fully saturated rings. The van der Waals surface area contributed by atoms with Crippen LogP contribution < -0.4 is 15.0 Å². The second kappa shape index (κ2) is 7.95. The van der Waals surface area contributed by atoms with Crippen molar-refractivity contribution in [3.05, 3.63) is 35.9 Å². The van der Waals surface area contributed by atoms with Crippen LogP contribution >= 0.6 is 0 Å². The predicted molar refractivity (Wildman–Crippen MR) is 87.8 cm³/mol. The first-order chi connectivity index (χ1) is 9.54. The van der Waals surface area contributed by atoms with Crippen LogP contribution in [0.3, 0.4) is 0 Å². The van der Waals surface area contributed by atoms with Crippen LogP contribution in [0.5, 0.6) is 5.75 Å². The van der Waals surface area contributed by atoms with Gasteiger partial charge in [0.2, 0.25) is 0 Å². The van der Waals surface area contributed by atoms with Crippen molar-refractivity contribution < 1.29 is 4.74 Å². The van der Waals surface area contributed by atoms with Crippen molar-refractivity contribution in [3.63, 3.8) is 0 Å². The highest BCUT2D eigenvalue weighted by molar-refractivity contribution is 5.61. The minimum Gasteiger partial charge on any atom is -0.496 e. The maximum Gasteiger partial charge on any atom is 0.125 e. The molecule has 0 aliphatic carbocycles. The lowest BCUT2D eigenvalue weighted by atomic mass is 10.0. The van der Waals surface area contributed by atoms with E-state index < -0.39 is 0 Å². The fraction of sp³-hybridized carbons (Fsp3) is 0.529. The van der Waals surface area contributed by atoms with E-state index in [2.05, 4.69) is 56.6 Å². The number of hydrogen-bond acceptors (Lipinski definition) is 3. The van der Waals surface area contributed by atoms with E-state index in [1.54, 1.807) is 7.11 Å². The molecule has 1 rings (SSSR count). The lowest BCUT2D eigenvalue weighted by Crippen LogP contribution is -2.28. The van der Waals surface area contributed by atoms with Gasteiger partial charge >= 0.3 is 0 Å². The van der Waals surface area contributed by atoms with Crippen LogP contribution in [-0.4, -0.2) is 26.7 Å². The number of nitrogens with zero attached hydrogens (tertiary/aromatic N) is 1. The molecule has 0 spiro atoms. The summed E-state index contributed by atoms with van der Waals surface area (Å²) in [5.41, 5.74) is 3.61. The Morgan fingerprint density at radius 1 is 1.40 bits per heavy atom. The highest BCUT2D eigenvalue weighted by Crippen LogP contribution is 2.34. The molecule has 3 heteroatoms. The molecule has 0 aliphatic rings. The Balaban J connectivity index is 3.25. The quantitative estimate of drug-likeness (QED) is 0.732. The molecule has 1 atom stereocenters. The van der Waals surface area contributed by atoms with Crippen LogP contribution in [0.2, 0.25) is 0 Å². The number of hydrogen-bond donors (Lipinski definition) is 1. The van der Waals surface area contributed by atoms with Crippen LogP contribution in [-0.2, 0) is 0 Å². The van der Waals surface area contributed by atoms with Crippen molar-refractivity contribution in [1.82, 2.24) is 5.32 Å². The summed E-state index contributed by atoms with van der Waals surface area (Å²) in [6.07, 6.45) is 0. The fourth-order valence-electron chi connectivity index (χ4n) is 2.52. The van der Waals surface area contributed by atoms with Gasteiger partial charge in [0.25, 0.3) is 0 Å². The summed E-state index contributed by atoms with van der Waals surface area (Å²) >= 11 is 0. The molecule has 0 bridgehead atoms. The molecule has 1 unspecified atom stereocenters. The number of anilines is 1. The molecule has 0 saturated heterocycles. The van der Waals surface area contributed by atoms with E-state index in [4.69, 9.17) is 4.74 Å². The van der Waals surface area contributed by atoms with Crippen LogP contribution in [0.15, 0.2) is 30.4 Å². The average molecular weight is 276 g/mol. The normalized spacial score (nSPS) is 12.1. The van der Waals surface area contributed by atoms with Crippen LogP contribution in [0.1, 0.15) is 39.3 Å². The topological polar surface area (TPSA) is 24.5 Å². The molecule has 0 radical (unpaired) electrons. The van der Waals surface area contributed by atoms with Crippen molar-refractivity contribution >= 4 is 5.69 Å². The molecular formula is C17H28N2O. The number of likely N-dealkylation sites (N-methyl/N-ethyl adjacent to an activating group) is 1. The minimum absolute atomic E-state index is 0.255. The molecule has 0 amide bonds. The zero-order valence-corrected chi connectivity index (χ0v) is 13.5. The van der Waals surface area contributed by atoms with Crippen molar-refractivity contribution in [2.45, 2.75) is 33.7 Å². The van der Waals surface area contributed by atoms with E-state index in [0.29, 0.717) is 0 Å². The lowest BCUT2D eigenvalue weighted by Gasteiger charge is -2.29. The van der Waals surface area contributed by atoms with Crippen molar-refractivity contribution in [2.75, 3.05) is 31.6 Å². The standard InChI is InChI=1S/C17H28N2O/c1-7-18-14(5)17-15(10-9-11-16(17)20-6)19(8-2)12-13(3)4/h9-11,14,18H,3,7-8,12H2,1-2,4-6H3. The number of rotatable bonds is 8. The van der Waals surface area contributed by atoms with Crippen molar-refractivity contribution in [1.29, 1.82) is 0 Å². The number of benzene rings is 1. The summed E-state index contributed by atoms with van der Waals surface area (Å²) in [6, 6.07) is 6.50. The molecule has 112 valence electrons. The summed E-state index contributed by atoms with van der Waals surface area (Å²) in [5.74, 6) is 0.941. The number of ether oxygens (including phenoxy) is 1. The Labute approximate surface area is 123 Å². The molecule has 3 nitrogen and oxygen atoms in total. The van der Waals surface area contributed by atoms with Gasteiger partial charge in [0.1, 0.15) is 5.75 Å². The molecule has 0 saturated carbocycles. The van der Waals surface area contributed by atoms with Crippen LogP contribution in [0, 0.1) is 0 Å². The predicted octanol–water partition coefficient (Wildman–Crippen LogP) is 3.77. The fourth-order valence-corrected chi connectivity index (χ4v) is 2.52. The maximum atomic E-state index is 5.56. The summed E-state index contributed by atoms with van der Waals surface area (Å²) in [5, 5.41) is 3.48. The van der Waals surface area contributed by atoms with Gasteiger partial charge in [0.05, 0.1) is 7.11 Å². The van der Waals surface area contributed by atoms with E-state index in [-0.39, 0.29) is 6.04 Å². The van der Waals surface area contributed by atoms with E-state index in [1.807, 2.05) is 6.07 Å². The smallest absolute Gasteiger partial charge is 0.125 e. The van der Waals surface area contributed by atoms with Gasteiger partial charge in [-0.2, -0.15) is 0 Å². The molecule has 0 heterocycles. The monoisotopic (exact) mass is 276 g/mol. The van der Waals surface area contributed by atoms with E-state index >= 15 is 0 Å². The van der Waals surface area contributed by atoms with Gasteiger partial charge in [-0.15, -0.1) is 0 Å². The van der Waals surface area contributed by atoms with Gasteiger partial charge in [-0.3, -0.25) is 0 Å². The largest absolute Gasteiger partial charge is 0.496 e. The third kappa shape index (κ3) is 4.01. The van der Waals surface area contributed by atoms with E-state index in [0.717, 1.165) is 31.0 Å². The van der Waals surface area contributed by atoms with Gasteiger partial charge in [-0.05, 0) is 39.4 Å². The van der Waals surface area contributed by atoms with Gasteiger partial charge in [-0.1, -0.05) is 25.1 Å². The number of methoxy groups -OCH3 is 1. The number of nitrogens with one attached hydrogen (secondary N) is 1. The van der Waals surface area contributed by atoms with Crippen LogP contribution in [0.25, 0.3) is 0 Å². The van der Waals surface area contributed by atoms with Gasteiger partial charge in [0.15, 0.2) is 0 Å². The molecule has 0 aromatic heterocycles. The third-order valence-corrected chi connectivity index (χ3v) is 3.39. The zero-order valence-electron chi connectivity index (χ0n) is 13.5. The molecule has 1 aromatic rings. The molecule has 0 aliphatic heterocycles. The second-order valence-corrected chi connectivity index (χ2v) is 5.14. The van der Waals surface area contributed by atoms with Crippen molar-refractivity contribution in [3.8, 4) is 5.75 Å². The van der Waals surface area contributed by atoms with E-state index in [1.165, 1.54) is 11.3 Å². The second-order valence-electron chi connectivity index (χ2n) is 5.14. The Morgan fingerprint density at radius 3 is 2.60 bits per heavy atom. The zero-order chi connectivity index (χ0) is 15.1. The summed E-state index contributed by atoms with van der Waals surface area (Å²) in [4.78, 5) is 2.34. The first kappa shape index (κ1) is 16.6. The van der Waals surface area contributed by atoms with Crippen molar-refractivity contribution in [2.24, 2.45) is 0 Å². The average Bonchev–Trinajstić information content (AvgIpc) is 2.43. The molecular weight excluding hydrogens is 248 g/mol. The molecule has 1 N–H and O–H groups in total. The highest BCUT2D eigenvalue weighted by Gasteiger charge is 2.18.